The van der Waals surface area contributed by atoms with Gasteiger partial charge in [0.25, 0.3) is 11.8 Å². The normalized spacial score (nSPS) is 15.8. The quantitative estimate of drug-likeness (QED) is 0.523. The molecule has 0 saturated carbocycles. The van der Waals surface area contributed by atoms with Gasteiger partial charge < -0.3 is 20.4 Å². The summed E-state index contributed by atoms with van der Waals surface area (Å²) < 4.78 is 0. The van der Waals surface area contributed by atoms with Crippen molar-refractivity contribution in [1.29, 1.82) is 0 Å². The van der Waals surface area contributed by atoms with Gasteiger partial charge in [0.2, 0.25) is 0 Å². The Labute approximate surface area is 176 Å². The lowest BCUT2D eigenvalue weighted by atomic mass is 10.1. The van der Waals surface area contributed by atoms with Crippen molar-refractivity contribution in [2.45, 2.75) is 19.4 Å². The van der Waals surface area contributed by atoms with Crippen LogP contribution in [0.2, 0.25) is 0 Å². The van der Waals surface area contributed by atoms with Gasteiger partial charge in [0.15, 0.2) is 13.1 Å². The largest absolute Gasteiger partial charge is 0.351 e. The molecule has 6 nitrogen and oxygen atoms in total. The minimum absolute atomic E-state index is 0.108. The molecule has 2 aromatic rings. The zero-order chi connectivity index (χ0) is 20.5. The van der Waals surface area contributed by atoms with Crippen molar-refractivity contribution in [2.24, 2.45) is 0 Å². The number of nitrogens with zero attached hydrogens (tertiary/aromatic N) is 1. The number of rotatable bonds is 9. The molecule has 156 valence electrons. The van der Waals surface area contributed by atoms with Crippen LogP contribution in [0.3, 0.4) is 0 Å². The average molecular weight is 417 g/mol. The summed E-state index contributed by atoms with van der Waals surface area (Å²) in [5.41, 5.74) is 1.22. The number of thiophene rings is 1. The van der Waals surface area contributed by atoms with Gasteiger partial charge in [-0.1, -0.05) is 43.3 Å². The van der Waals surface area contributed by atoms with Gasteiger partial charge in [-0.3, -0.25) is 9.59 Å². The summed E-state index contributed by atoms with van der Waals surface area (Å²) in [5.74, 6) is 0.286. The minimum Gasteiger partial charge on any atom is -0.351 e. The molecule has 1 aliphatic heterocycles. The van der Waals surface area contributed by atoms with E-state index in [-0.39, 0.29) is 17.9 Å². The van der Waals surface area contributed by atoms with E-state index in [2.05, 4.69) is 47.2 Å². The van der Waals surface area contributed by atoms with Crippen LogP contribution in [0.5, 0.6) is 0 Å². The smallest absolute Gasteiger partial charge is 0.278 e. The molecule has 1 atom stereocenters. The van der Waals surface area contributed by atoms with E-state index in [1.807, 2.05) is 23.1 Å². The molecule has 1 fully saturated rings. The number of carbonyl (C=O) groups is 2. The number of piperazine rings is 1. The van der Waals surface area contributed by atoms with E-state index in [1.165, 1.54) is 15.3 Å². The molecule has 0 unspecified atom stereocenters. The van der Waals surface area contributed by atoms with E-state index in [0.717, 1.165) is 39.1 Å². The molecule has 1 aromatic carbocycles. The van der Waals surface area contributed by atoms with Crippen molar-refractivity contribution < 1.29 is 19.8 Å². The van der Waals surface area contributed by atoms with Crippen LogP contribution in [0.25, 0.3) is 0 Å². The van der Waals surface area contributed by atoms with E-state index < -0.39 is 0 Å². The van der Waals surface area contributed by atoms with Gasteiger partial charge in [-0.15, -0.1) is 11.3 Å². The second-order valence-electron chi connectivity index (χ2n) is 7.50. The van der Waals surface area contributed by atoms with Gasteiger partial charge >= 0.3 is 0 Å². The van der Waals surface area contributed by atoms with Crippen molar-refractivity contribution >= 4 is 23.2 Å². The zero-order valence-electron chi connectivity index (χ0n) is 17.1. The van der Waals surface area contributed by atoms with E-state index in [0.29, 0.717) is 13.1 Å². The number of amides is 2. The van der Waals surface area contributed by atoms with Gasteiger partial charge in [-0.05, 0) is 17.9 Å². The number of nitrogens with one attached hydrogen (secondary N) is 2. The van der Waals surface area contributed by atoms with Gasteiger partial charge in [0, 0.05) is 12.1 Å². The third-order valence-corrected chi connectivity index (χ3v) is 6.30. The predicted molar refractivity (Wildman–Crippen MR) is 115 cm³/mol. The van der Waals surface area contributed by atoms with Crippen LogP contribution < -0.4 is 15.5 Å². The lowest BCUT2D eigenvalue weighted by Gasteiger charge is -2.31. The van der Waals surface area contributed by atoms with Crippen LogP contribution in [0.1, 0.15) is 29.8 Å². The van der Waals surface area contributed by atoms with Gasteiger partial charge in [0.05, 0.1) is 31.1 Å². The summed E-state index contributed by atoms with van der Waals surface area (Å²) in [4.78, 5) is 29.1. The average Bonchev–Trinajstić information content (AvgIpc) is 3.28. The summed E-state index contributed by atoms with van der Waals surface area (Å²) in [5, 5.41) is 7.15. The standard InChI is InChI=1S/C22H30N4O2S/c1-2-10-23-20(27)17-25-11-13-26(14-12-25)21(28)16-24-22(19-9-6-15-29-19)18-7-4-3-5-8-18/h3-9,15,22,24H,2,10-14,16-17H2,1H3,(H,23,27)/p+2/t22-/m1/s1. The fraction of sp³-hybridized carbons (Fsp3) is 0.455. The Hall–Kier alpha value is -2.22. The number of quaternary nitrogens is 2. The Kier molecular flexibility index (Phi) is 8.22. The van der Waals surface area contributed by atoms with Crippen molar-refractivity contribution in [3.63, 3.8) is 0 Å². The second kappa shape index (κ2) is 11.1. The molecule has 0 radical (unpaired) electrons. The molecular weight excluding hydrogens is 384 g/mol. The molecule has 1 aromatic heterocycles. The Morgan fingerprint density at radius 1 is 1.17 bits per heavy atom. The number of hydrogen-bond donors (Lipinski definition) is 3. The molecule has 29 heavy (non-hydrogen) atoms. The first-order valence-electron chi connectivity index (χ1n) is 10.5. The van der Waals surface area contributed by atoms with Gasteiger partial charge in [0.1, 0.15) is 6.04 Å². The highest BCUT2D eigenvalue weighted by atomic mass is 32.1. The van der Waals surface area contributed by atoms with Crippen molar-refractivity contribution in [3.05, 3.63) is 58.3 Å². The Morgan fingerprint density at radius 2 is 1.93 bits per heavy atom. The van der Waals surface area contributed by atoms with Crippen LogP contribution >= 0.6 is 11.3 Å². The monoisotopic (exact) mass is 416 g/mol. The second-order valence-corrected chi connectivity index (χ2v) is 8.48. The van der Waals surface area contributed by atoms with E-state index >= 15 is 0 Å². The fourth-order valence-corrected chi connectivity index (χ4v) is 4.55. The highest BCUT2D eigenvalue weighted by Crippen LogP contribution is 2.22. The first-order valence-corrected chi connectivity index (χ1v) is 11.3. The van der Waals surface area contributed by atoms with Crippen LogP contribution in [-0.2, 0) is 9.59 Å². The molecule has 0 spiro atoms. The number of hydrogen-bond acceptors (Lipinski definition) is 3. The number of nitrogens with two attached hydrogens (primary N) is 1. The molecule has 3 rings (SSSR count). The van der Waals surface area contributed by atoms with Crippen LogP contribution in [-0.4, -0.2) is 62.5 Å². The summed E-state index contributed by atoms with van der Waals surface area (Å²) in [6.45, 7) is 6.83. The molecule has 2 amide bonds. The highest BCUT2D eigenvalue weighted by molar-refractivity contribution is 7.10. The molecule has 0 aliphatic carbocycles. The molecule has 7 heteroatoms. The summed E-state index contributed by atoms with van der Waals surface area (Å²) >= 11 is 1.73. The lowest BCUT2D eigenvalue weighted by Crippen LogP contribution is -3.16. The molecule has 0 bridgehead atoms. The highest BCUT2D eigenvalue weighted by Gasteiger charge is 2.27. The topological polar surface area (TPSA) is 70.5 Å². The summed E-state index contributed by atoms with van der Waals surface area (Å²) in [7, 11) is 0. The summed E-state index contributed by atoms with van der Waals surface area (Å²) in [6.07, 6.45) is 0.954. The van der Waals surface area contributed by atoms with E-state index in [9.17, 15) is 9.59 Å². The third kappa shape index (κ3) is 6.39. The van der Waals surface area contributed by atoms with Gasteiger partial charge in [-0.2, -0.15) is 0 Å². The predicted octanol–water partition coefficient (Wildman–Crippen LogP) is -0.346. The Balaban J connectivity index is 1.48. The lowest BCUT2D eigenvalue weighted by molar-refractivity contribution is -0.896. The Bertz CT molecular complexity index is 758. The fourth-order valence-electron chi connectivity index (χ4n) is 3.70. The van der Waals surface area contributed by atoms with E-state index in [1.54, 1.807) is 11.3 Å². The summed E-state index contributed by atoms with van der Waals surface area (Å²) in [6, 6.07) is 14.7. The van der Waals surface area contributed by atoms with Crippen LogP contribution in [0.4, 0.5) is 0 Å². The maximum absolute atomic E-state index is 12.8. The zero-order valence-corrected chi connectivity index (χ0v) is 17.9. The van der Waals surface area contributed by atoms with Crippen LogP contribution in [0, 0.1) is 0 Å². The first-order chi connectivity index (χ1) is 14.2. The third-order valence-electron chi connectivity index (χ3n) is 5.34. The molecule has 1 aliphatic rings. The molecular formula is C22H32N4O2S+2. The molecule has 4 N–H and O–H groups in total. The maximum Gasteiger partial charge on any atom is 0.278 e. The minimum atomic E-state index is 0.108. The SMILES string of the molecule is CCCNC(=O)C[NH+]1CCN(C(=O)C[NH2+][C@H](c2ccccc2)c2cccs2)CC1. The Morgan fingerprint density at radius 3 is 2.59 bits per heavy atom. The van der Waals surface area contributed by atoms with Crippen molar-refractivity contribution in [3.8, 4) is 0 Å². The van der Waals surface area contributed by atoms with Crippen LogP contribution in [0.15, 0.2) is 47.8 Å². The number of carbonyl (C=O) groups excluding carboxylic acids is 2. The maximum atomic E-state index is 12.8. The van der Waals surface area contributed by atoms with Gasteiger partial charge in [-0.25, -0.2) is 0 Å². The van der Waals surface area contributed by atoms with E-state index in [4.69, 9.17) is 0 Å². The molecule has 1 saturated heterocycles. The molecule has 2 heterocycles. The van der Waals surface area contributed by atoms with Crippen molar-refractivity contribution in [2.75, 3.05) is 45.8 Å². The van der Waals surface area contributed by atoms with Crippen molar-refractivity contribution in [1.82, 2.24) is 10.2 Å². The first kappa shape index (κ1) is 21.5. The number of benzene rings is 1.